The summed E-state index contributed by atoms with van der Waals surface area (Å²) >= 11 is 5.99. The van der Waals surface area contributed by atoms with Gasteiger partial charge in [0.15, 0.2) is 0 Å². The van der Waals surface area contributed by atoms with Crippen LogP contribution in [0.25, 0.3) is 0 Å². The van der Waals surface area contributed by atoms with Crippen molar-refractivity contribution >= 4 is 11.6 Å². The summed E-state index contributed by atoms with van der Waals surface area (Å²) in [6, 6.07) is 0. The van der Waals surface area contributed by atoms with Crippen molar-refractivity contribution in [3.63, 3.8) is 0 Å². The highest BCUT2D eigenvalue weighted by atomic mass is 35.5. The fourth-order valence-corrected chi connectivity index (χ4v) is 1.79. The molecule has 66 valence electrons. The first-order valence-electron chi connectivity index (χ1n) is 3.81. The Kier molecular flexibility index (Phi) is 3.13. The zero-order valence-corrected chi connectivity index (χ0v) is 7.29. The molecule has 2 unspecified atom stereocenters. The number of hydrogen-bond donors (Lipinski definition) is 2. The highest BCUT2D eigenvalue weighted by Crippen LogP contribution is 2.29. The minimum absolute atomic E-state index is 0.00219. The molecule has 0 amide bonds. The number of ether oxygens (including phenoxy) is 1. The quantitative estimate of drug-likeness (QED) is 0.585. The maximum absolute atomic E-state index is 8.86. The van der Waals surface area contributed by atoms with Crippen molar-refractivity contribution in [2.45, 2.75) is 24.5 Å². The van der Waals surface area contributed by atoms with E-state index in [1.165, 1.54) is 0 Å². The van der Waals surface area contributed by atoms with Gasteiger partial charge in [-0.25, -0.2) is 0 Å². The summed E-state index contributed by atoms with van der Waals surface area (Å²) in [6.45, 7) is 2.38. The van der Waals surface area contributed by atoms with Crippen molar-refractivity contribution in [3.05, 3.63) is 0 Å². The van der Waals surface area contributed by atoms with E-state index in [0.29, 0.717) is 6.54 Å². The van der Waals surface area contributed by atoms with Crippen LogP contribution in [-0.4, -0.2) is 35.8 Å². The van der Waals surface area contributed by atoms with Crippen LogP contribution in [0.3, 0.4) is 0 Å². The minimum atomic E-state index is -0.169. The van der Waals surface area contributed by atoms with Crippen LogP contribution in [-0.2, 0) is 4.74 Å². The van der Waals surface area contributed by atoms with Gasteiger partial charge in [-0.05, 0) is 13.5 Å². The van der Waals surface area contributed by atoms with E-state index in [2.05, 4.69) is 0 Å². The molecule has 0 aromatic heterocycles. The van der Waals surface area contributed by atoms with Crippen LogP contribution < -0.4 is 5.73 Å². The topological polar surface area (TPSA) is 55.5 Å². The Bertz CT molecular complexity index is 134. The Labute approximate surface area is 71.5 Å². The third kappa shape index (κ3) is 1.67. The molecule has 1 rings (SSSR count). The molecule has 1 saturated heterocycles. The van der Waals surface area contributed by atoms with Gasteiger partial charge in [0.1, 0.15) is 0 Å². The molecule has 0 aliphatic carbocycles. The summed E-state index contributed by atoms with van der Waals surface area (Å²) in [6.07, 6.45) is -0.167. The Balaban J connectivity index is 2.57. The van der Waals surface area contributed by atoms with Crippen LogP contribution >= 0.6 is 11.6 Å². The molecule has 1 heterocycles. The number of hydrogen-bond acceptors (Lipinski definition) is 3. The molecule has 11 heavy (non-hydrogen) atoms. The third-order valence-corrected chi connectivity index (χ3v) is 2.86. The van der Waals surface area contributed by atoms with E-state index in [1.807, 2.05) is 6.92 Å². The smallest absolute Gasteiger partial charge is 0.0865 e. The van der Waals surface area contributed by atoms with Crippen molar-refractivity contribution in [2.75, 3.05) is 13.2 Å². The summed E-state index contributed by atoms with van der Waals surface area (Å²) < 4.78 is 5.36. The van der Waals surface area contributed by atoms with Gasteiger partial charge < -0.3 is 15.6 Å². The highest BCUT2D eigenvalue weighted by molar-refractivity contribution is 6.21. The predicted molar refractivity (Wildman–Crippen MR) is 43.6 cm³/mol. The van der Waals surface area contributed by atoms with E-state index in [9.17, 15) is 0 Å². The highest BCUT2D eigenvalue weighted by Gasteiger charge is 2.39. The van der Waals surface area contributed by atoms with Gasteiger partial charge in [0.25, 0.3) is 0 Å². The van der Waals surface area contributed by atoms with E-state index in [4.69, 9.17) is 27.2 Å². The summed E-state index contributed by atoms with van der Waals surface area (Å²) in [5, 5.41) is 8.81. The lowest BCUT2D eigenvalue weighted by molar-refractivity contribution is 0.00789. The molecular weight excluding hydrogens is 166 g/mol. The van der Waals surface area contributed by atoms with Gasteiger partial charge in [-0.3, -0.25) is 0 Å². The van der Waals surface area contributed by atoms with E-state index in [0.717, 1.165) is 0 Å². The lowest BCUT2D eigenvalue weighted by Gasteiger charge is -2.14. The number of halogens is 1. The maximum Gasteiger partial charge on any atom is 0.0865 e. The first-order valence-corrected chi connectivity index (χ1v) is 4.24. The average molecular weight is 180 g/mol. The van der Waals surface area contributed by atoms with E-state index >= 15 is 0 Å². The second kappa shape index (κ2) is 3.72. The average Bonchev–Trinajstić information content (AvgIpc) is 2.28. The Morgan fingerprint density at radius 2 is 2.27 bits per heavy atom. The van der Waals surface area contributed by atoms with Gasteiger partial charge in [0.05, 0.1) is 24.2 Å². The van der Waals surface area contributed by atoms with Crippen LogP contribution in [0.4, 0.5) is 0 Å². The van der Waals surface area contributed by atoms with Gasteiger partial charge in [0.2, 0.25) is 0 Å². The molecule has 4 heteroatoms. The standard InChI is InChI=1S/C7H14ClNO2/c1-4-7(8)5(2-9)6(3-10)11-4/h4-7,10H,2-3,9H2,1H3/t4-,5?,6+,7?/m0/s1. The zero-order chi connectivity index (χ0) is 8.43. The molecule has 0 saturated carbocycles. The van der Waals surface area contributed by atoms with Crippen molar-refractivity contribution in [2.24, 2.45) is 11.7 Å². The summed E-state index contributed by atoms with van der Waals surface area (Å²) in [4.78, 5) is 0. The fourth-order valence-electron chi connectivity index (χ4n) is 1.47. The summed E-state index contributed by atoms with van der Waals surface area (Å²) in [5.74, 6) is 0.0941. The molecule has 0 radical (unpaired) electrons. The fraction of sp³-hybridized carbons (Fsp3) is 1.00. The molecule has 1 aliphatic heterocycles. The van der Waals surface area contributed by atoms with Crippen molar-refractivity contribution < 1.29 is 9.84 Å². The third-order valence-electron chi connectivity index (χ3n) is 2.18. The van der Waals surface area contributed by atoms with Crippen LogP contribution in [0.5, 0.6) is 0 Å². The van der Waals surface area contributed by atoms with Crippen LogP contribution in [0.15, 0.2) is 0 Å². The molecule has 3 N–H and O–H groups in total. The number of nitrogens with two attached hydrogens (primary N) is 1. The second-order valence-electron chi connectivity index (χ2n) is 2.91. The summed E-state index contributed by atoms with van der Waals surface area (Å²) in [7, 11) is 0. The zero-order valence-electron chi connectivity index (χ0n) is 6.53. The Morgan fingerprint density at radius 3 is 2.64 bits per heavy atom. The van der Waals surface area contributed by atoms with Gasteiger partial charge in [-0.15, -0.1) is 11.6 Å². The van der Waals surface area contributed by atoms with E-state index in [1.54, 1.807) is 0 Å². The predicted octanol–water partition coefficient (Wildman–Crippen LogP) is -0.0517. The SMILES string of the molecule is C[C@@H]1O[C@H](CO)C(CN)C1Cl. The maximum atomic E-state index is 8.86. The molecule has 0 spiro atoms. The Morgan fingerprint density at radius 1 is 1.64 bits per heavy atom. The molecular formula is C7H14ClNO2. The van der Waals surface area contributed by atoms with Crippen molar-refractivity contribution in [3.8, 4) is 0 Å². The number of alkyl halides is 1. The van der Waals surface area contributed by atoms with Crippen LogP contribution in [0, 0.1) is 5.92 Å². The largest absolute Gasteiger partial charge is 0.394 e. The van der Waals surface area contributed by atoms with Gasteiger partial charge in [-0.2, -0.15) is 0 Å². The van der Waals surface area contributed by atoms with Gasteiger partial charge in [-0.1, -0.05) is 0 Å². The van der Waals surface area contributed by atoms with Gasteiger partial charge in [0, 0.05) is 5.92 Å². The molecule has 1 fully saturated rings. The number of rotatable bonds is 2. The van der Waals surface area contributed by atoms with E-state index in [-0.39, 0.29) is 30.1 Å². The number of aliphatic hydroxyl groups is 1. The molecule has 0 aromatic rings. The van der Waals surface area contributed by atoms with E-state index < -0.39 is 0 Å². The van der Waals surface area contributed by atoms with Crippen molar-refractivity contribution in [1.29, 1.82) is 0 Å². The normalized spacial score (nSPS) is 44.7. The molecule has 4 atom stereocenters. The van der Waals surface area contributed by atoms with Gasteiger partial charge >= 0.3 is 0 Å². The first-order chi connectivity index (χ1) is 5.20. The molecule has 1 aliphatic rings. The molecule has 0 bridgehead atoms. The lowest BCUT2D eigenvalue weighted by atomic mass is 10.00. The van der Waals surface area contributed by atoms with Crippen LogP contribution in [0.1, 0.15) is 6.92 Å². The summed E-state index contributed by atoms with van der Waals surface area (Å²) in [5.41, 5.74) is 5.48. The Hall–Kier alpha value is 0.170. The second-order valence-corrected chi connectivity index (χ2v) is 3.41. The minimum Gasteiger partial charge on any atom is -0.394 e. The molecule has 0 aromatic carbocycles. The van der Waals surface area contributed by atoms with Crippen molar-refractivity contribution in [1.82, 2.24) is 0 Å². The lowest BCUT2D eigenvalue weighted by Crippen LogP contribution is -2.31. The first kappa shape index (κ1) is 9.26. The molecule has 3 nitrogen and oxygen atoms in total. The monoisotopic (exact) mass is 179 g/mol. The number of aliphatic hydroxyl groups excluding tert-OH is 1. The van der Waals surface area contributed by atoms with Crippen LogP contribution in [0.2, 0.25) is 0 Å².